The second-order valence-corrected chi connectivity index (χ2v) is 6.85. The molecule has 0 aromatic heterocycles. The SMILES string of the molecule is CCc1ccccc1NC(=O)/C(CC(=O)/C=C/c1cccc([N+](=O)[O-])c1)=N\NC(=S)NN. The van der Waals surface area contributed by atoms with Gasteiger partial charge in [-0.3, -0.25) is 30.6 Å². The number of carbonyl (C=O) groups is 2. The Labute approximate surface area is 189 Å². The van der Waals surface area contributed by atoms with Crippen molar-refractivity contribution in [2.45, 2.75) is 19.8 Å². The van der Waals surface area contributed by atoms with E-state index in [4.69, 9.17) is 18.1 Å². The standard InChI is InChI=1S/C21H22N6O4S/c1-2-15-7-3-4-9-18(15)23-20(29)19(25-26-21(32)24-22)13-17(28)11-10-14-6-5-8-16(12-14)27(30)31/h3-12H,2,13,22H2,1H3,(H,23,29)(H2,24,26,32)/b11-10+,25-19-. The minimum absolute atomic E-state index is 0.0381. The average molecular weight is 455 g/mol. The van der Waals surface area contributed by atoms with Crippen LogP contribution in [0.15, 0.2) is 59.7 Å². The summed E-state index contributed by atoms with van der Waals surface area (Å²) >= 11 is 4.85. The second-order valence-electron chi connectivity index (χ2n) is 6.44. The van der Waals surface area contributed by atoms with Crippen molar-refractivity contribution in [1.29, 1.82) is 0 Å². The van der Waals surface area contributed by atoms with Crippen LogP contribution in [0.5, 0.6) is 0 Å². The number of hydrazine groups is 1. The molecule has 166 valence electrons. The second kappa shape index (κ2) is 12.0. The third-order valence-corrected chi connectivity index (χ3v) is 4.43. The van der Waals surface area contributed by atoms with E-state index in [0.29, 0.717) is 17.7 Å². The number of amides is 1. The number of ketones is 1. The monoisotopic (exact) mass is 454 g/mol. The van der Waals surface area contributed by atoms with E-state index in [9.17, 15) is 19.7 Å². The molecule has 1 amide bonds. The summed E-state index contributed by atoms with van der Waals surface area (Å²) in [6.45, 7) is 1.95. The summed E-state index contributed by atoms with van der Waals surface area (Å²) in [6.07, 6.45) is 3.01. The fraction of sp³-hybridized carbons (Fsp3) is 0.143. The van der Waals surface area contributed by atoms with Crippen molar-refractivity contribution in [2.24, 2.45) is 10.9 Å². The van der Waals surface area contributed by atoms with Gasteiger partial charge in [0.1, 0.15) is 5.71 Å². The minimum Gasteiger partial charge on any atom is -0.321 e. The molecule has 2 aromatic rings. The Morgan fingerprint density at radius 2 is 1.97 bits per heavy atom. The van der Waals surface area contributed by atoms with Gasteiger partial charge in [-0.15, -0.1) is 0 Å². The molecule has 0 saturated heterocycles. The molecule has 0 aliphatic heterocycles. The number of benzene rings is 2. The number of rotatable bonds is 9. The summed E-state index contributed by atoms with van der Waals surface area (Å²) in [5, 5.41) is 17.5. The van der Waals surface area contributed by atoms with E-state index in [2.05, 4.69) is 21.3 Å². The Morgan fingerprint density at radius 3 is 2.66 bits per heavy atom. The number of non-ortho nitro benzene ring substituents is 1. The fourth-order valence-corrected chi connectivity index (χ4v) is 2.67. The van der Waals surface area contributed by atoms with E-state index in [1.165, 1.54) is 30.4 Å². The van der Waals surface area contributed by atoms with E-state index in [0.717, 1.165) is 5.56 Å². The van der Waals surface area contributed by atoms with Crippen molar-refractivity contribution in [2.75, 3.05) is 5.32 Å². The van der Waals surface area contributed by atoms with Crippen LogP contribution in [-0.4, -0.2) is 27.4 Å². The summed E-state index contributed by atoms with van der Waals surface area (Å²) in [5.41, 5.74) is 6.34. The van der Waals surface area contributed by atoms with Gasteiger partial charge >= 0.3 is 0 Å². The van der Waals surface area contributed by atoms with Crippen LogP contribution in [0.2, 0.25) is 0 Å². The average Bonchev–Trinajstić information content (AvgIpc) is 2.80. The summed E-state index contributed by atoms with van der Waals surface area (Å²) in [4.78, 5) is 35.6. The van der Waals surface area contributed by atoms with Gasteiger partial charge in [0.25, 0.3) is 11.6 Å². The lowest BCUT2D eigenvalue weighted by Crippen LogP contribution is -2.38. The predicted octanol–water partition coefficient (Wildman–Crippen LogP) is 2.46. The molecule has 2 rings (SSSR count). The number of nitrogens with two attached hydrogens (primary N) is 1. The number of aryl methyl sites for hydroxylation is 1. The number of hydrogen-bond acceptors (Lipinski definition) is 7. The van der Waals surface area contributed by atoms with Gasteiger partial charge in [0, 0.05) is 17.8 Å². The summed E-state index contributed by atoms with van der Waals surface area (Å²) in [6, 6.07) is 13.1. The molecule has 0 bridgehead atoms. The number of nitro groups is 1. The van der Waals surface area contributed by atoms with Crippen molar-refractivity contribution >= 4 is 52.2 Å². The van der Waals surface area contributed by atoms with E-state index in [-0.39, 0.29) is 22.9 Å². The highest BCUT2D eigenvalue weighted by Crippen LogP contribution is 2.16. The molecule has 0 aliphatic carbocycles. The van der Waals surface area contributed by atoms with E-state index in [1.54, 1.807) is 18.2 Å². The molecule has 0 fully saturated rings. The third-order valence-electron chi connectivity index (χ3n) is 4.22. The highest BCUT2D eigenvalue weighted by molar-refractivity contribution is 7.80. The van der Waals surface area contributed by atoms with Crippen LogP contribution in [0, 0.1) is 10.1 Å². The lowest BCUT2D eigenvalue weighted by atomic mass is 10.1. The molecule has 0 aliphatic rings. The normalized spacial score (nSPS) is 11.1. The lowest BCUT2D eigenvalue weighted by molar-refractivity contribution is -0.384. The maximum absolute atomic E-state index is 12.8. The molecule has 5 N–H and O–H groups in total. The molecule has 32 heavy (non-hydrogen) atoms. The quantitative estimate of drug-likeness (QED) is 0.113. The summed E-state index contributed by atoms with van der Waals surface area (Å²) < 4.78 is 0. The van der Waals surface area contributed by atoms with Gasteiger partial charge in [0.05, 0.1) is 11.3 Å². The Bertz CT molecular complexity index is 1080. The molecule has 0 saturated carbocycles. The number of anilines is 1. The van der Waals surface area contributed by atoms with Crippen molar-refractivity contribution < 1.29 is 14.5 Å². The van der Waals surface area contributed by atoms with Crippen molar-refractivity contribution in [3.05, 3.63) is 75.8 Å². The smallest absolute Gasteiger partial charge is 0.272 e. The first kappa shape index (κ1) is 24.3. The Hall–Kier alpha value is -3.96. The number of hydrogen-bond donors (Lipinski definition) is 4. The molecule has 0 heterocycles. The highest BCUT2D eigenvalue weighted by Gasteiger charge is 2.17. The van der Waals surface area contributed by atoms with Crippen LogP contribution in [0.25, 0.3) is 6.08 Å². The Balaban J connectivity index is 2.18. The largest absolute Gasteiger partial charge is 0.321 e. The first-order valence-corrected chi connectivity index (χ1v) is 9.92. The molecular weight excluding hydrogens is 432 g/mol. The first-order chi connectivity index (χ1) is 15.3. The zero-order valence-corrected chi connectivity index (χ0v) is 18.0. The number of nitro benzene ring substituents is 1. The maximum atomic E-state index is 12.8. The first-order valence-electron chi connectivity index (χ1n) is 9.51. The molecular formula is C21H22N6O4S. The summed E-state index contributed by atoms with van der Waals surface area (Å²) in [7, 11) is 0. The van der Waals surface area contributed by atoms with E-state index < -0.39 is 16.6 Å². The molecule has 0 radical (unpaired) electrons. The molecule has 0 unspecified atom stereocenters. The van der Waals surface area contributed by atoms with Crippen LogP contribution >= 0.6 is 12.2 Å². The van der Waals surface area contributed by atoms with Crippen LogP contribution in [0.4, 0.5) is 11.4 Å². The van der Waals surface area contributed by atoms with Crippen LogP contribution < -0.4 is 22.0 Å². The highest BCUT2D eigenvalue weighted by atomic mass is 32.1. The number of thiocarbonyl (C=S) groups is 1. The van der Waals surface area contributed by atoms with Crippen LogP contribution in [0.1, 0.15) is 24.5 Å². The van der Waals surface area contributed by atoms with Crippen LogP contribution in [0.3, 0.4) is 0 Å². The molecule has 0 atom stereocenters. The number of allylic oxidation sites excluding steroid dienone is 1. The molecule has 10 nitrogen and oxygen atoms in total. The number of para-hydroxylation sites is 1. The lowest BCUT2D eigenvalue weighted by Gasteiger charge is -2.11. The molecule has 2 aromatic carbocycles. The zero-order chi connectivity index (χ0) is 23.5. The topological polar surface area (TPSA) is 152 Å². The van der Waals surface area contributed by atoms with Gasteiger partial charge < -0.3 is 5.32 Å². The van der Waals surface area contributed by atoms with Crippen molar-refractivity contribution in [3.63, 3.8) is 0 Å². The maximum Gasteiger partial charge on any atom is 0.272 e. The Kier molecular flexibility index (Phi) is 9.14. The number of nitrogens with one attached hydrogen (secondary N) is 3. The minimum atomic E-state index is -0.588. The van der Waals surface area contributed by atoms with E-state index >= 15 is 0 Å². The number of nitrogens with zero attached hydrogens (tertiary/aromatic N) is 2. The van der Waals surface area contributed by atoms with Gasteiger partial charge in [-0.1, -0.05) is 43.3 Å². The summed E-state index contributed by atoms with van der Waals surface area (Å²) in [5.74, 6) is 4.16. The fourth-order valence-electron chi connectivity index (χ4n) is 2.62. The molecule has 0 spiro atoms. The van der Waals surface area contributed by atoms with Gasteiger partial charge in [-0.25, -0.2) is 5.84 Å². The molecule has 11 heteroatoms. The van der Waals surface area contributed by atoms with E-state index in [1.807, 2.05) is 19.1 Å². The van der Waals surface area contributed by atoms with Crippen LogP contribution in [-0.2, 0) is 16.0 Å². The third kappa shape index (κ3) is 7.38. The number of carbonyl (C=O) groups excluding carboxylic acids is 2. The van der Waals surface area contributed by atoms with Gasteiger partial charge in [0.2, 0.25) is 5.11 Å². The predicted molar refractivity (Wildman–Crippen MR) is 127 cm³/mol. The Morgan fingerprint density at radius 1 is 1.22 bits per heavy atom. The van der Waals surface area contributed by atoms with Crippen molar-refractivity contribution in [3.8, 4) is 0 Å². The van der Waals surface area contributed by atoms with Crippen molar-refractivity contribution in [1.82, 2.24) is 10.9 Å². The van der Waals surface area contributed by atoms with Gasteiger partial charge in [0.15, 0.2) is 5.78 Å². The van der Waals surface area contributed by atoms with Gasteiger partial charge in [-0.05, 0) is 41.9 Å². The van der Waals surface area contributed by atoms with Gasteiger partial charge in [-0.2, -0.15) is 5.10 Å². The number of hydrazone groups is 1. The zero-order valence-electron chi connectivity index (χ0n) is 17.2.